The Morgan fingerprint density at radius 2 is 1.71 bits per heavy atom. The summed E-state index contributed by atoms with van der Waals surface area (Å²) in [6.45, 7) is 9.12. The summed E-state index contributed by atoms with van der Waals surface area (Å²) >= 11 is 6.26. The van der Waals surface area contributed by atoms with Crippen LogP contribution in [0.4, 0.5) is 0 Å². The third kappa shape index (κ3) is 5.54. The molecule has 1 aromatic rings. The van der Waals surface area contributed by atoms with Crippen molar-refractivity contribution in [3.63, 3.8) is 0 Å². The number of hydrogen-bond donors (Lipinski definition) is 0. The van der Waals surface area contributed by atoms with Crippen molar-refractivity contribution in [2.24, 2.45) is 5.92 Å². The van der Waals surface area contributed by atoms with Crippen molar-refractivity contribution in [3.05, 3.63) is 22.7 Å². The second-order valence-corrected chi connectivity index (χ2v) is 9.66. The Bertz CT molecular complexity index is 882. The largest absolute Gasteiger partial charge is 0.491 e. The summed E-state index contributed by atoms with van der Waals surface area (Å²) in [6.07, 6.45) is 0. The second-order valence-electron chi connectivity index (χ2n) is 7.03. The van der Waals surface area contributed by atoms with Crippen molar-refractivity contribution in [2.75, 3.05) is 12.4 Å². The average molecular weight is 433 g/mol. The predicted octanol–water partition coefficient (Wildman–Crippen LogP) is 3.26. The molecule has 0 amide bonds. The van der Waals surface area contributed by atoms with Gasteiger partial charge in [-0.25, -0.2) is 8.42 Å². The van der Waals surface area contributed by atoms with Crippen LogP contribution >= 0.6 is 11.6 Å². The van der Waals surface area contributed by atoms with Crippen LogP contribution in [0, 0.1) is 5.92 Å². The summed E-state index contributed by atoms with van der Waals surface area (Å²) in [5.41, 5.74) is -1.09. The Morgan fingerprint density at radius 3 is 2.14 bits per heavy atom. The number of sulfone groups is 1. The summed E-state index contributed by atoms with van der Waals surface area (Å²) in [5.74, 6) is -4.66. The van der Waals surface area contributed by atoms with Gasteiger partial charge in [-0.05, 0) is 46.8 Å². The first-order valence-corrected chi connectivity index (χ1v) is 10.7. The van der Waals surface area contributed by atoms with Gasteiger partial charge in [0.15, 0.2) is 33.1 Å². The van der Waals surface area contributed by atoms with Gasteiger partial charge in [-0.3, -0.25) is 14.4 Å². The minimum Gasteiger partial charge on any atom is -0.491 e. The molecule has 0 aliphatic carbocycles. The monoisotopic (exact) mass is 432 g/mol. The Morgan fingerprint density at radius 1 is 1.14 bits per heavy atom. The van der Waals surface area contributed by atoms with E-state index in [-0.39, 0.29) is 33.6 Å². The summed E-state index contributed by atoms with van der Waals surface area (Å²) in [4.78, 5) is 37.1. The number of carbonyl (C=O) groups is 3. The minimum absolute atomic E-state index is 0.103. The standard InChI is InChI=1S/C19H25ClO7S/c1-7-26-17-13(28(24,25)8-2)10-9-12(15(17)20)16(22)14(11(3)21)18(23)27-19(4,5)6/h9-10,14H,7-8H2,1-6H3. The topological polar surface area (TPSA) is 104 Å². The number of hydrogen-bond acceptors (Lipinski definition) is 7. The number of ketones is 2. The summed E-state index contributed by atoms with van der Waals surface area (Å²) < 4.78 is 35.1. The van der Waals surface area contributed by atoms with Crippen LogP contribution < -0.4 is 4.74 Å². The van der Waals surface area contributed by atoms with Crippen molar-refractivity contribution < 1.29 is 32.3 Å². The molecule has 1 atom stereocenters. The number of halogens is 1. The van der Waals surface area contributed by atoms with Gasteiger partial charge in [0.1, 0.15) is 10.5 Å². The van der Waals surface area contributed by atoms with Crippen molar-refractivity contribution in [3.8, 4) is 5.75 Å². The molecule has 0 spiro atoms. The van der Waals surface area contributed by atoms with Gasteiger partial charge < -0.3 is 9.47 Å². The number of Topliss-reactive ketones (excluding diaryl/α,β-unsaturated/α-hetero) is 2. The van der Waals surface area contributed by atoms with Gasteiger partial charge in [-0.15, -0.1) is 0 Å². The maximum atomic E-state index is 12.9. The van der Waals surface area contributed by atoms with Crippen molar-refractivity contribution in [2.45, 2.75) is 52.0 Å². The molecule has 0 aliphatic heterocycles. The van der Waals surface area contributed by atoms with E-state index in [1.807, 2.05) is 0 Å². The fourth-order valence-corrected chi connectivity index (χ4v) is 3.78. The molecule has 0 heterocycles. The molecule has 0 bridgehead atoms. The fourth-order valence-electron chi connectivity index (χ4n) is 2.38. The van der Waals surface area contributed by atoms with E-state index in [1.165, 1.54) is 19.1 Å². The van der Waals surface area contributed by atoms with E-state index in [9.17, 15) is 22.8 Å². The van der Waals surface area contributed by atoms with E-state index in [2.05, 4.69) is 0 Å². The highest BCUT2D eigenvalue weighted by molar-refractivity contribution is 7.91. The molecular formula is C19H25ClO7S. The SMILES string of the molecule is CCOc1c(S(=O)(=O)CC)ccc(C(=O)C(C(C)=O)C(=O)OC(C)(C)C)c1Cl. The van der Waals surface area contributed by atoms with Crippen LogP contribution in [0.15, 0.2) is 17.0 Å². The van der Waals surface area contributed by atoms with Gasteiger partial charge >= 0.3 is 5.97 Å². The molecule has 0 radical (unpaired) electrons. The smallest absolute Gasteiger partial charge is 0.325 e. The van der Waals surface area contributed by atoms with Gasteiger partial charge in [0.25, 0.3) is 0 Å². The molecule has 1 aromatic carbocycles. The first-order valence-electron chi connectivity index (χ1n) is 8.72. The van der Waals surface area contributed by atoms with E-state index < -0.39 is 38.9 Å². The molecule has 156 valence electrons. The van der Waals surface area contributed by atoms with Gasteiger partial charge in [-0.1, -0.05) is 18.5 Å². The van der Waals surface area contributed by atoms with Gasteiger partial charge in [0.05, 0.1) is 17.4 Å². The highest BCUT2D eigenvalue weighted by Gasteiger charge is 2.37. The predicted molar refractivity (Wildman–Crippen MR) is 105 cm³/mol. The lowest BCUT2D eigenvalue weighted by Gasteiger charge is -2.23. The third-order valence-electron chi connectivity index (χ3n) is 3.64. The van der Waals surface area contributed by atoms with Crippen LogP contribution in [0.25, 0.3) is 0 Å². The number of benzene rings is 1. The van der Waals surface area contributed by atoms with Crippen molar-refractivity contribution in [1.82, 2.24) is 0 Å². The zero-order chi connectivity index (χ0) is 21.9. The first-order chi connectivity index (χ1) is 12.8. The van der Waals surface area contributed by atoms with Crippen molar-refractivity contribution >= 4 is 39.0 Å². The fraction of sp³-hybridized carbons (Fsp3) is 0.526. The van der Waals surface area contributed by atoms with Crippen LogP contribution in [-0.2, 0) is 24.2 Å². The summed E-state index contributed by atoms with van der Waals surface area (Å²) in [6, 6.07) is 2.37. The normalized spacial score (nSPS) is 13.0. The van der Waals surface area contributed by atoms with E-state index >= 15 is 0 Å². The lowest BCUT2D eigenvalue weighted by atomic mass is 9.94. The highest BCUT2D eigenvalue weighted by atomic mass is 35.5. The second kappa shape index (κ2) is 9.05. The molecule has 0 N–H and O–H groups in total. The highest BCUT2D eigenvalue weighted by Crippen LogP contribution is 2.37. The molecular weight excluding hydrogens is 408 g/mol. The lowest BCUT2D eigenvalue weighted by molar-refractivity contribution is -0.159. The van der Waals surface area contributed by atoms with E-state index in [0.717, 1.165) is 6.92 Å². The Kier molecular flexibility index (Phi) is 7.79. The molecule has 28 heavy (non-hydrogen) atoms. The third-order valence-corrected chi connectivity index (χ3v) is 5.77. The van der Waals surface area contributed by atoms with Crippen molar-refractivity contribution in [1.29, 1.82) is 0 Å². The Balaban J connectivity index is 3.53. The van der Waals surface area contributed by atoms with Crippen LogP contribution in [0.3, 0.4) is 0 Å². The molecule has 0 fully saturated rings. The number of esters is 1. The first kappa shape index (κ1) is 24.1. The van der Waals surface area contributed by atoms with Gasteiger partial charge in [0, 0.05) is 5.56 Å². The molecule has 0 saturated carbocycles. The number of rotatable bonds is 8. The zero-order valence-electron chi connectivity index (χ0n) is 16.8. The van der Waals surface area contributed by atoms with E-state index in [1.54, 1.807) is 27.7 Å². The molecule has 0 aliphatic rings. The van der Waals surface area contributed by atoms with Crippen LogP contribution in [0.5, 0.6) is 5.75 Å². The molecule has 1 rings (SSSR count). The van der Waals surface area contributed by atoms with Crippen LogP contribution in [0.2, 0.25) is 5.02 Å². The Hall–Kier alpha value is -1.93. The van der Waals surface area contributed by atoms with E-state index in [0.29, 0.717) is 0 Å². The number of ether oxygens (including phenoxy) is 2. The number of carbonyl (C=O) groups excluding carboxylic acids is 3. The molecule has 9 heteroatoms. The Labute approximate surface area is 170 Å². The quantitative estimate of drug-likeness (QED) is 0.352. The molecule has 7 nitrogen and oxygen atoms in total. The van der Waals surface area contributed by atoms with Crippen LogP contribution in [0.1, 0.15) is 51.9 Å². The van der Waals surface area contributed by atoms with Crippen LogP contribution in [-0.4, -0.2) is 43.9 Å². The molecule has 1 unspecified atom stereocenters. The molecule has 0 aromatic heterocycles. The van der Waals surface area contributed by atoms with E-state index in [4.69, 9.17) is 21.1 Å². The lowest BCUT2D eigenvalue weighted by Crippen LogP contribution is -2.36. The van der Waals surface area contributed by atoms with Gasteiger partial charge in [0.2, 0.25) is 0 Å². The zero-order valence-corrected chi connectivity index (χ0v) is 18.4. The maximum Gasteiger partial charge on any atom is 0.325 e. The minimum atomic E-state index is -3.67. The van der Waals surface area contributed by atoms with Gasteiger partial charge in [-0.2, -0.15) is 0 Å². The summed E-state index contributed by atoms with van der Waals surface area (Å²) in [5, 5.41) is -0.267. The maximum absolute atomic E-state index is 12.9. The molecule has 0 saturated heterocycles. The summed E-state index contributed by atoms with van der Waals surface area (Å²) in [7, 11) is -3.67. The average Bonchev–Trinajstić information content (AvgIpc) is 2.54.